The lowest BCUT2D eigenvalue weighted by atomic mass is 9.70. The third-order valence-electron chi connectivity index (χ3n) is 17.2. The molecule has 13 aromatic rings. The summed E-state index contributed by atoms with van der Waals surface area (Å²) in [6.07, 6.45) is 0. The highest BCUT2D eigenvalue weighted by atomic mass is 15.1. The quantitative estimate of drug-likeness (QED) is 0.159. The molecule has 0 aromatic heterocycles. The van der Waals surface area contributed by atoms with Gasteiger partial charge >= 0.3 is 0 Å². The third kappa shape index (κ3) is 5.36. The van der Waals surface area contributed by atoms with Gasteiger partial charge in [0.2, 0.25) is 0 Å². The Hall–Kier alpha value is -9.04. The molecule has 73 heavy (non-hydrogen) atoms. The fourth-order valence-corrected chi connectivity index (χ4v) is 14.1. The van der Waals surface area contributed by atoms with Crippen LogP contribution in [-0.2, 0) is 10.8 Å². The molecule has 13 aromatic carbocycles. The lowest BCUT2D eigenvalue weighted by molar-refractivity contribution is 0.660. The van der Waals surface area contributed by atoms with Crippen LogP contribution in [0.2, 0.25) is 0 Å². The number of anilines is 3. The molecule has 16 rings (SSSR count). The fraction of sp³-hybridized carbons (Fsp3) is 0.0556. The Kier molecular flexibility index (Phi) is 8.22. The summed E-state index contributed by atoms with van der Waals surface area (Å²) in [5.74, 6) is 0. The Morgan fingerprint density at radius 1 is 0.274 bits per heavy atom. The number of fused-ring (bicyclic) bond motifs is 22. The van der Waals surface area contributed by atoms with Crippen molar-refractivity contribution in [1.82, 2.24) is 0 Å². The highest BCUT2D eigenvalue weighted by Gasteiger charge is 2.52. The van der Waals surface area contributed by atoms with Gasteiger partial charge in [0, 0.05) is 22.2 Å². The average molecular weight is 926 g/mol. The first-order valence-electron chi connectivity index (χ1n) is 25.7. The van der Waals surface area contributed by atoms with E-state index in [2.05, 4.69) is 267 Å². The van der Waals surface area contributed by atoms with Gasteiger partial charge < -0.3 is 4.90 Å². The molecule has 1 heteroatoms. The lowest BCUT2D eigenvalue weighted by Gasteiger charge is -2.34. The Morgan fingerprint density at radius 2 is 0.767 bits per heavy atom. The molecule has 1 nitrogen and oxygen atoms in total. The molecule has 0 saturated heterocycles. The topological polar surface area (TPSA) is 3.24 Å². The SMILES string of the molecule is CC1(C)c2ccccc2-c2c(N(c3ccc4c5ccccc5c5ccccc5c4c3)c3cc4c(cc3-c3ccc5ccc6ccccc6c5c3)-c3ccccc3C43c4ccccc4-c4ccccc43)cccc21. The minimum atomic E-state index is -0.538. The second-order valence-corrected chi connectivity index (χ2v) is 21.1. The van der Waals surface area contributed by atoms with Crippen LogP contribution in [0.1, 0.15) is 47.2 Å². The van der Waals surface area contributed by atoms with Crippen molar-refractivity contribution in [3.63, 3.8) is 0 Å². The molecule has 0 aliphatic heterocycles. The first kappa shape index (κ1) is 40.7. The molecule has 340 valence electrons. The average Bonchev–Trinajstić information content (AvgIpc) is 4.02. The molecular weight excluding hydrogens is 879 g/mol. The maximum atomic E-state index is 2.65. The van der Waals surface area contributed by atoms with Gasteiger partial charge in [-0.25, -0.2) is 0 Å². The van der Waals surface area contributed by atoms with E-state index in [1.54, 1.807) is 0 Å². The highest BCUT2D eigenvalue weighted by molar-refractivity contribution is 6.26. The van der Waals surface area contributed by atoms with Crippen molar-refractivity contribution in [3.8, 4) is 44.5 Å². The van der Waals surface area contributed by atoms with Crippen LogP contribution < -0.4 is 4.90 Å². The molecule has 0 radical (unpaired) electrons. The zero-order valence-corrected chi connectivity index (χ0v) is 40.6. The van der Waals surface area contributed by atoms with Crippen molar-refractivity contribution < 1.29 is 0 Å². The maximum Gasteiger partial charge on any atom is 0.0726 e. The molecule has 3 aliphatic rings. The summed E-state index contributed by atoms with van der Waals surface area (Å²) in [5, 5.41) is 12.6. The summed E-state index contributed by atoms with van der Waals surface area (Å²) in [7, 11) is 0. The Bertz CT molecular complexity index is 4470. The van der Waals surface area contributed by atoms with Crippen molar-refractivity contribution in [2.75, 3.05) is 4.90 Å². The van der Waals surface area contributed by atoms with Crippen molar-refractivity contribution in [1.29, 1.82) is 0 Å². The van der Waals surface area contributed by atoms with Crippen LogP contribution >= 0.6 is 0 Å². The number of hydrogen-bond donors (Lipinski definition) is 0. The molecule has 0 heterocycles. The summed E-state index contributed by atoms with van der Waals surface area (Å²) in [5.41, 5.74) is 20.8. The molecule has 0 N–H and O–H groups in total. The van der Waals surface area contributed by atoms with Gasteiger partial charge in [-0.3, -0.25) is 0 Å². The first-order chi connectivity index (χ1) is 36.0. The summed E-state index contributed by atoms with van der Waals surface area (Å²) in [4.78, 5) is 2.65. The van der Waals surface area contributed by atoms with Crippen LogP contribution in [0.3, 0.4) is 0 Å². The van der Waals surface area contributed by atoms with Crippen LogP contribution in [0.25, 0.3) is 98.4 Å². The minimum absolute atomic E-state index is 0.199. The van der Waals surface area contributed by atoms with Gasteiger partial charge in [-0.2, -0.15) is 0 Å². The molecule has 0 saturated carbocycles. The summed E-state index contributed by atoms with van der Waals surface area (Å²) in [6, 6.07) is 94.6. The normalized spacial score (nSPS) is 14.1. The number of nitrogens with zero attached hydrogens (tertiary/aromatic N) is 1. The Morgan fingerprint density at radius 3 is 1.42 bits per heavy atom. The predicted octanol–water partition coefficient (Wildman–Crippen LogP) is 19.2. The third-order valence-corrected chi connectivity index (χ3v) is 17.2. The molecular formula is C72H47N. The van der Waals surface area contributed by atoms with Crippen LogP contribution in [0.15, 0.2) is 249 Å². The number of benzene rings is 13. The second-order valence-electron chi connectivity index (χ2n) is 21.1. The highest BCUT2D eigenvalue weighted by Crippen LogP contribution is 2.65. The van der Waals surface area contributed by atoms with Crippen LogP contribution in [0, 0.1) is 0 Å². The first-order valence-corrected chi connectivity index (χ1v) is 25.7. The van der Waals surface area contributed by atoms with E-state index in [1.165, 1.54) is 137 Å². The zero-order valence-electron chi connectivity index (χ0n) is 40.6. The predicted molar refractivity (Wildman–Crippen MR) is 308 cm³/mol. The van der Waals surface area contributed by atoms with E-state index in [0.29, 0.717) is 0 Å². The van der Waals surface area contributed by atoms with Crippen LogP contribution in [0.5, 0.6) is 0 Å². The zero-order chi connectivity index (χ0) is 48.2. The fourth-order valence-electron chi connectivity index (χ4n) is 14.1. The monoisotopic (exact) mass is 925 g/mol. The Labute approximate surface area is 424 Å². The molecule has 1 spiro atoms. The van der Waals surface area contributed by atoms with Gasteiger partial charge in [-0.1, -0.05) is 226 Å². The van der Waals surface area contributed by atoms with E-state index in [-0.39, 0.29) is 5.41 Å². The largest absolute Gasteiger partial charge is 0.309 e. The van der Waals surface area contributed by atoms with E-state index >= 15 is 0 Å². The molecule has 0 unspecified atom stereocenters. The second kappa shape index (κ2) is 14.8. The van der Waals surface area contributed by atoms with E-state index in [9.17, 15) is 0 Å². The van der Waals surface area contributed by atoms with Gasteiger partial charge in [-0.15, -0.1) is 0 Å². The van der Waals surface area contributed by atoms with Crippen LogP contribution in [0.4, 0.5) is 17.1 Å². The standard InChI is InChI=1S/C72H47N/c1-71(2)62-28-13-12-27-57(62)70-66(71)32-17-33-68(70)73(47-38-39-53-51-22-6-5-20-49(51)50-21-7-8-23-52(50)60(53)41-47)69-43-67-61(42-59(69)46-37-36-45-35-34-44-18-3-4-19-48(44)58(45)40-46)56-26-11-16-31-65(56)72(67)63-29-14-9-24-54(63)55-25-10-15-30-64(55)72/h3-43H,1-2H3. The molecule has 0 fully saturated rings. The Balaban J connectivity index is 1.08. The van der Waals surface area contributed by atoms with E-state index in [1.807, 2.05) is 0 Å². The van der Waals surface area contributed by atoms with Crippen molar-refractivity contribution >= 4 is 70.9 Å². The summed E-state index contributed by atoms with van der Waals surface area (Å²) in [6.45, 7) is 4.80. The molecule has 0 atom stereocenters. The van der Waals surface area contributed by atoms with Crippen molar-refractivity contribution in [3.05, 3.63) is 282 Å². The number of hydrogen-bond acceptors (Lipinski definition) is 1. The van der Waals surface area contributed by atoms with Crippen molar-refractivity contribution in [2.24, 2.45) is 0 Å². The van der Waals surface area contributed by atoms with Gasteiger partial charge in [-0.05, 0) is 157 Å². The molecule has 3 aliphatic carbocycles. The van der Waals surface area contributed by atoms with E-state index < -0.39 is 5.41 Å². The maximum absolute atomic E-state index is 2.65. The van der Waals surface area contributed by atoms with Crippen molar-refractivity contribution in [2.45, 2.75) is 24.7 Å². The van der Waals surface area contributed by atoms with Gasteiger partial charge in [0.15, 0.2) is 0 Å². The van der Waals surface area contributed by atoms with E-state index in [0.717, 1.165) is 11.4 Å². The summed E-state index contributed by atoms with van der Waals surface area (Å²) >= 11 is 0. The van der Waals surface area contributed by atoms with Gasteiger partial charge in [0.05, 0.1) is 16.8 Å². The summed E-state index contributed by atoms with van der Waals surface area (Å²) < 4.78 is 0. The smallest absolute Gasteiger partial charge is 0.0726 e. The van der Waals surface area contributed by atoms with Gasteiger partial charge in [0.25, 0.3) is 0 Å². The number of rotatable bonds is 4. The van der Waals surface area contributed by atoms with Gasteiger partial charge in [0.1, 0.15) is 0 Å². The van der Waals surface area contributed by atoms with Crippen LogP contribution in [-0.4, -0.2) is 0 Å². The molecule has 0 bridgehead atoms. The lowest BCUT2D eigenvalue weighted by Crippen LogP contribution is -2.26. The molecule has 0 amide bonds. The minimum Gasteiger partial charge on any atom is -0.309 e. The van der Waals surface area contributed by atoms with E-state index in [4.69, 9.17) is 0 Å².